The maximum absolute atomic E-state index is 11.5. The summed E-state index contributed by atoms with van der Waals surface area (Å²) in [6.45, 7) is 1.49. The Kier molecular flexibility index (Phi) is 5.67. The standard InChI is InChI=1S/C8H14O9S2/c1-2-14-3-4-15-8(9)7-5-16-18(10,11)6-19(12,13)17-7/h7H,2-6H2,1H3. The third kappa shape index (κ3) is 5.82. The van der Waals surface area contributed by atoms with Crippen molar-refractivity contribution in [3.05, 3.63) is 0 Å². The lowest BCUT2D eigenvalue weighted by molar-refractivity contribution is -0.154. The van der Waals surface area contributed by atoms with Crippen LogP contribution in [-0.4, -0.2) is 60.4 Å². The first-order chi connectivity index (χ1) is 8.76. The van der Waals surface area contributed by atoms with Crippen LogP contribution in [0.25, 0.3) is 0 Å². The third-order valence-corrected chi connectivity index (χ3v) is 5.22. The Morgan fingerprint density at radius 3 is 2.53 bits per heavy atom. The maximum atomic E-state index is 11.5. The van der Waals surface area contributed by atoms with Crippen molar-refractivity contribution in [2.45, 2.75) is 13.0 Å². The van der Waals surface area contributed by atoms with Gasteiger partial charge in [-0.3, -0.25) is 8.37 Å². The molecule has 0 bridgehead atoms. The van der Waals surface area contributed by atoms with Crippen LogP contribution in [0.5, 0.6) is 0 Å². The molecule has 11 heteroatoms. The summed E-state index contributed by atoms with van der Waals surface area (Å²) in [7, 11) is -8.67. The Morgan fingerprint density at radius 2 is 1.89 bits per heavy atom. The molecule has 0 aliphatic carbocycles. The van der Waals surface area contributed by atoms with Crippen molar-refractivity contribution in [3.8, 4) is 0 Å². The van der Waals surface area contributed by atoms with Crippen molar-refractivity contribution in [3.63, 3.8) is 0 Å². The van der Waals surface area contributed by atoms with E-state index < -0.39 is 44.0 Å². The lowest BCUT2D eigenvalue weighted by atomic mass is 10.4. The van der Waals surface area contributed by atoms with Gasteiger partial charge in [-0.05, 0) is 6.92 Å². The summed E-state index contributed by atoms with van der Waals surface area (Å²) in [6.07, 6.45) is -1.64. The molecule has 1 heterocycles. The monoisotopic (exact) mass is 318 g/mol. The van der Waals surface area contributed by atoms with Crippen LogP contribution in [0.15, 0.2) is 0 Å². The number of carbonyl (C=O) groups is 1. The van der Waals surface area contributed by atoms with Crippen LogP contribution in [0.1, 0.15) is 6.92 Å². The summed E-state index contributed by atoms with van der Waals surface area (Å²) >= 11 is 0. The Hall–Kier alpha value is -0.750. The molecular formula is C8H14O9S2. The van der Waals surface area contributed by atoms with E-state index in [1.54, 1.807) is 6.92 Å². The number of ether oxygens (including phenoxy) is 2. The van der Waals surface area contributed by atoms with Crippen molar-refractivity contribution in [1.82, 2.24) is 0 Å². The molecule has 1 aliphatic heterocycles. The predicted octanol–water partition coefficient (Wildman–Crippen LogP) is -1.40. The number of rotatable bonds is 5. The molecule has 112 valence electrons. The topological polar surface area (TPSA) is 122 Å². The van der Waals surface area contributed by atoms with E-state index in [4.69, 9.17) is 4.74 Å². The van der Waals surface area contributed by atoms with Gasteiger partial charge in [0.2, 0.25) is 5.08 Å². The highest BCUT2D eigenvalue weighted by molar-refractivity contribution is 8.03. The van der Waals surface area contributed by atoms with E-state index in [1.165, 1.54) is 0 Å². The first-order valence-corrected chi connectivity index (χ1v) is 8.43. The molecule has 0 aromatic heterocycles. The van der Waals surface area contributed by atoms with Gasteiger partial charge in [-0.25, -0.2) is 4.79 Å². The molecule has 0 aromatic rings. The van der Waals surface area contributed by atoms with Crippen LogP contribution in [-0.2, 0) is 42.9 Å². The van der Waals surface area contributed by atoms with E-state index in [-0.39, 0.29) is 13.2 Å². The molecule has 1 aliphatic rings. The van der Waals surface area contributed by atoms with Crippen molar-refractivity contribution in [2.75, 3.05) is 31.5 Å². The molecule has 9 nitrogen and oxygen atoms in total. The summed E-state index contributed by atoms with van der Waals surface area (Å²) in [5.41, 5.74) is 0. The third-order valence-electron chi connectivity index (χ3n) is 1.89. The minimum Gasteiger partial charge on any atom is -0.461 e. The molecule has 19 heavy (non-hydrogen) atoms. The molecule has 1 fully saturated rings. The van der Waals surface area contributed by atoms with E-state index in [9.17, 15) is 21.6 Å². The molecule has 1 unspecified atom stereocenters. The van der Waals surface area contributed by atoms with E-state index >= 15 is 0 Å². The van der Waals surface area contributed by atoms with Gasteiger partial charge in [0.05, 0.1) is 6.61 Å². The molecular weight excluding hydrogens is 304 g/mol. The fraction of sp³-hybridized carbons (Fsp3) is 0.875. The molecule has 1 rings (SSSR count). The Bertz CT molecular complexity index is 506. The number of esters is 1. The summed E-state index contributed by atoms with van der Waals surface area (Å²) in [4.78, 5) is 11.5. The highest BCUT2D eigenvalue weighted by atomic mass is 32.3. The van der Waals surface area contributed by atoms with E-state index in [0.717, 1.165) is 0 Å². The van der Waals surface area contributed by atoms with Gasteiger partial charge in [-0.15, -0.1) is 0 Å². The number of hydrogen-bond donors (Lipinski definition) is 0. The van der Waals surface area contributed by atoms with E-state index in [1.807, 2.05) is 0 Å². The largest absolute Gasteiger partial charge is 0.461 e. The van der Waals surface area contributed by atoms with Crippen molar-refractivity contribution < 1.29 is 39.5 Å². The quantitative estimate of drug-likeness (QED) is 0.342. The second kappa shape index (κ2) is 6.61. The SMILES string of the molecule is CCOCCOC(=O)C1COS(=O)(=O)CS(=O)(=O)O1. The van der Waals surface area contributed by atoms with Crippen LogP contribution < -0.4 is 0 Å². The Morgan fingerprint density at radius 1 is 1.21 bits per heavy atom. The van der Waals surface area contributed by atoms with Gasteiger partial charge in [-0.1, -0.05) is 0 Å². The smallest absolute Gasteiger partial charge is 0.339 e. The van der Waals surface area contributed by atoms with Crippen LogP contribution in [0.2, 0.25) is 0 Å². The second-order valence-corrected chi connectivity index (χ2v) is 7.07. The molecule has 1 atom stereocenters. The number of hydrogen-bond acceptors (Lipinski definition) is 9. The van der Waals surface area contributed by atoms with Gasteiger partial charge in [0.15, 0.2) is 6.10 Å². The van der Waals surface area contributed by atoms with Crippen molar-refractivity contribution in [1.29, 1.82) is 0 Å². The summed E-state index contributed by atoms with van der Waals surface area (Å²) in [5.74, 6) is -1.03. The fourth-order valence-corrected chi connectivity index (χ4v) is 3.88. The maximum Gasteiger partial charge on any atom is 0.339 e. The minimum atomic E-state index is -4.40. The van der Waals surface area contributed by atoms with Gasteiger partial charge in [0.1, 0.15) is 13.2 Å². The van der Waals surface area contributed by atoms with Crippen LogP contribution in [0.4, 0.5) is 0 Å². The van der Waals surface area contributed by atoms with E-state index in [2.05, 4.69) is 13.1 Å². The Labute approximate surface area is 111 Å². The minimum absolute atomic E-state index is 0.0979. The lowest BCUT2D eigenvalue weighted by Crippen LogP contribution is -2.32. The number of carbonyl (C=O) groups excluding carboxylic acids is 1. The fourth-order valence-electron chi connectivity index (χ4n) is 1.15. The average molecular weight is 318 g/mol. The molecule has 0 N–H and O–H groups in total. The van der Waals surface area contributed by atoms with Crippen LogP contribution >= 0.6 is 0 Å². The summed E-state index contributed by atoms with van der Waals surface area (Å²) in [5, 5.41) is -1.33. The zero-order chi connectivity index (χ0) is 14.5. The van der Waals surface area contributed by atoms with Gasteiger partial charge >= 0.3 is 5.97 Å². The molecule has 1 saturated heterocycles. The molecule has 0 aromatic carbocycles. The molecule has 0 radical (unpaired) electrons. The average Bonchev–Trinajstić information content (AvgIpc) is 2.39. The van der Waals surface area contributed by atoms with Crippen molar-refractivity contribution in [2.24, 2.45) is 0 Å². The van der Waals surface area contributed by atoms with Gasteiger partial charge in [-0.2, -0.15) is 16.8 Å². The molecule has 0 amide bonds. The first kappa shape index (κ1) is 16.3. The van der Waals surface area contributed by atoms with Gasteiger partial charge < -0.3 is 9.47 Å². The normalized spacial score (nSPS) is 25.4. The predicted molar refractivity (Wildman–Crippen MR) is 61.0 cm³/mol. The van der Waals surface area contributed by atoms with Gasteiger partial charge in [0.25, 0.3) is 20.2 Å². The second-order valence-electron chi connectivity index (χ2n) is 3.47. The van der Waals surface area contributed by atoms with Crippen LogP contribution in [0.3, 0.4) is 0 Å². The van der Waals surface area contributed by atoms with E-state index in [0.29, 0.717) is 6.61 Å². The molecule has 0 spiro atoms. The zero-order valence-corrected chi connectivity index (χ0v) is 11.7. The van der Waals surface area contributed by atoms with Gasteiger partial charge in [0, 0.05) is 6.61 Å². The highest BCUT2D eigenvalue weighted by Gasteiger charge is 2.37. The molecule has 0 saturated carbocycles. The summed E-state index contributed by atoms with van der Waals surface area (Å²) in [6, 6.07) is 0. The van der Waals surface area contributed by atoms with Crippen LogP contribution in [0, 0.1) is 0 Å². The lowest BCUT2D eigenvalue weighted by Gasteiger charge is -2.12. The zero-order valence-electron chi connectivity index (χ0n) is 10.1. The Balaban J connectivity index is 2.61. The highest BCUT2D eigenvalue weighted by Crippen LogP contribution is 2.13. The summed E-state index contributed by atoms with van der Waals surface area (Å²) < 4.78 is 63.0. The van der Waals surface area contributed by atoms with Crippen molar-refractivity contribution >= 4 is 26.2 Å². The first-order valence-electron chi connectivity index (χ1n) is 5.28.